The Balaban J connectivity index is 2.59. The topological polar surface area (TPSA) is 26.3 Å². The number of carbonyl (C=O) groups is 1. The summed E-state index contributed by atoms with van der Waals surface area (Å²) >= 11 is 0. The lowest BCUT2D eigenvalue weighted by atomic mass is 9.85. The van der Waals surface area contributed by atoms with Gasteiger partial charge in [-0.1, -0.05) is 53.1 Å². The van der Waals surface area contributed by atoms with E-state index in [-0.39, 0.29) is 11.2 Å². The minimum absolute atomic E-state index is 0.00722. The number of methoxy groups -OCH3 is 1. The van der Waals surface area contributed by atoms with E-state index in [1.165, 1.54) is 11.1 Å². The van der Waals surface area contributed by atoms with Crippen molar-refractivity contribution in [2.75, 3.05) is 7.11 Å². The summed E-state index contributed by atoms with van der Waals surface area (Å²) in [5.74, 6) is 1.06. The van der Waals surface area contributed by atoms with Crippen LogP contribution in [0.5, 0.6) is 5.75 Å². The van der Waals surface area contributed by atoms with E-state index in [1.54, 1.807) is 14.0 Å². The summed E-state index contributed by atoms with van der Waals surface area (Å²) in [6.07, 6.45) is 0. The zero-order valence-electron chi connectivity index (χ0n) is 15.7. The Morgan fingerprint density at radius 3 is 2.21 bits per heavy atom. The Labute approximate surface area is 147 Å². The molecular weight excluding hydrogens is 315 g/mol. The highest BCUT2D eigenvalue weighted by molar-refractivity contribution is 7.56. The van der Waals surface area contributed by atoms with Gasteiger partial charge in [0.2, 0.25) is 0 Å². The molecule has 0 aliphatic carbocycles. The van der Waals surface area contributed by atoms with E-state index in [9.17, 15) is 4.79 Å². The predicted octanol–water partition coefficient (Wildman–Crippen LogP) is 4.44. The third kappa shape index (κ3) is 4.05. The molecule has 0 radical (unpaired) electrons. The van der Waals surface area contributed by atoms with Crippen molar-refractivity contribution in [2.24, 2.45) is 0 Å². The fourth-order valence-electron chi connectivity index (χ4n) is 2.85. The molecule has 2 rings (SSSR count). The van der Waals surface area contributed by atoms with Gasteiger partial charge in [0.25, 0.3) is 0 Å². The van der Waals surface area contributed by atoms with Crippen LogP contribution >= 0.6 is 8.58 Å². The lowest BCUT2D eigenvalue weighted by Gasteiger charge is -2.25. The molecule has 0 spiro atoms. The highest BCUT2D eigenvalue weighted by Gasteiger charge is 2.22. The molecule has 0 heterocycles. The molecule has 0 saturated heterocycles. The van der Waals surface area contributed by atoms with Crippen molar-refractivity contribution in [1.82, 2.24) is 0 Å². The first-order valence-corrected chi connectivity index (χ1v) is 9.21. The first-order valence-electron chi connectivity index (χ1n) is 8.21. The average Bonchev–Trinajstić information content (AvgIpc) is 2.47. The molecular formula is C21H27O2P. The number of Topliss-reactive ketones (excluding diaryl/α,β-unsaturated/α-hetero) is 1. The Bertz CT molecular complexity index is 770. The second-order valence-electron chi connectivity index (χ2n) is 7.37. The summed E-state index contributed by atoms with van der Waals surface area (Å²) in [5.41, 5.74) is 4.37. The van der Waals surface area contributed by atoms with Crippen LogP contribution in [0, 0.1) is 13.8 Å². The van der Waals surface area contributed by atoms with Gasteiger partial charge in [-0.3, -0.25) is 4.79 Å². The third-order valence-corrected chi connectivity index (χ3v) is 5.42. The highest BCUT2D eigenvalue weighted by Crippen LogP contribution is 2.34. The van der Waals surface area contributed by atoms with Crippen LogP contribution < -0.4 is 15.3 Å². The van der Waals surface area contributed by atoms with E-state index >= 15 is 0 Å². The maximum atomic E-state index is 12.0. The fourth-order valence-corrected chi connectivity index (χ4v) is 4.34. The van der Waals surface area contributed by atoms with Crippen molar-refractivity contribution in [3.63, 3.8) is 0 Å². The van der Waals surface area contributed by atoms with Crippen LogP contribution in [0.1, 0.15) is 54.7 Å². The Kier molecular flexibility index (Phi) is 5.50. The van der Waals surface area contributed by atoms with E-state index in [2.05, 4.69) is 52.0 Å². The van der Waals surface area contributed by atoms with E-state index in [1.807, 2.05) is 13.0 Å². The van der Waals surface area contributed by atoms with E-state index in [0.717, 1.165) is 27.5 Å². The van der Waals surface area contributed by atoms with Crippen molar-refractivity contribution in [3.8, 4) is 5.75 Å². The van der Waals surface area contributed by atoms with Crippen LogP contribution in [0.15, 0.2) is 30.3 Å². The summed E-state index contributed by atoms with van der Waals surface area (Å²) in [6.45, 7) is 12.4. The molecule has 0 fully saturated rings. The SMILES string of the molecule is COc1c(Pc2ccc(C)cc2C(C)=O)cc(C)cc1C(C)(C)C. The lowest BCUT2D eigenvalue weighted by molar-refractivity contribution is 0.101. The van der Waals surface area contributed by atoms with Crippen LogP contribution in [0.4, 0.5) is 0 Å². The Morgan fingerprint density at radius 1 is 1.00 bits per heavy atom. The minimum Gasteiger partial charge on any atom is -0.496 e. The van der Waals surface area contributed by atoms with Crippen LogP contribution in [0.3, 0.4) is 0 Å². The molecule has 0 aliphatic heterocycles. The number of ketones is 1. The third-order valence-electron chi connectivity index (χ3n) is 4.07. The van der Waals surface area contributed by atoms with E-state index < -0.39 is 0 Å². The number of ether oxygens (including phenoxy) is 1. The smallest absolute Gasteiger partial charge is 0.160 e. The van der Waals surface area contributed by atoms with Crippen LogP contribution in [-0.2, 0) is 5.41 Å². The predicted molar refractivity (Wildman–Crippen MR) is 105 cm³/mol. The van der Waals surface area contributed by atoms with E-state index in [4.69, 9.17) is 4.74 Å². The zero-order chi connectivity index (χ0) is 18.1. The molecule has 0 saturated carbocycles. The van der Waals surface area contributed by atoms with Crippen molar-refractivity contribution >= 4 is 25.0 Å². The summed E-state index contributed by atoms with van der Waals surface area (Å²) < 4.78 is 5.78. The van der Waals surface area contributed by atoms with Crippen molar-refractivity contribution in [1.29, 1.82) is 0 Å². The van der Waals surface area contributed by atoms with Gasteiger partial charge in [-0.05, 0) is 49.2 Å². The van der Waals surface area contributed by atoms with Gasteiger partial charge in [-0.2, -0.15) is 0 Å². The average molecular weight is 342 g/mol. The van der Waals surface area contributed by atoms with Gasteiger partial charge in [0, 0.05) is 16.4 Å². The first kappa shape index (κ1) is 18.7. The van der Waals surface area contributed by atoms with E-state index in [0.29, 0.717) is 8.58 Å². The molecule has 2 aromatic rings. The normalized spacial score (nSPS) is 12.0. The second-order valence-corrected chi connectivity index (χ2v) is 8.70. The maximum Gasteiger partial charge on any atom is 0.160 e. The summed E-state index contributed by atoms with van der Waals surface area (Å²) in [4.78, 5) is 12.0. The molecule has 24 heavy (non-hydrogen) atoms. The number of hydrogen-bond acceptors (Lipinski definition) is 2. The first-order chi connectivity index (χ1) is 11.1. The molecule has 3 heteroatoms. The molecule has 1 atom stereocenters. The van der Waals surface area contributed by atoms with Crippen molar-refractivity contribution in [3.05, 3.63) is 52.6 Å². The summed E-state index contributed by atoms with van der Waals surface area (Å²) in [7, 11) is 2.13. The number of carbonyl (C=O) groups excluding carboxylic acids is 1. The van der Waals surface area contributed by atoms with Crippen LogP contribution in [0.25, 0.3) is 0 Å². The Hall–Kier alpha value is -1.66. The quantitative estimate of drug-likeness (QED) is 0.606. The van der Waals surface area contributed by atoms with Crippen molar-refractivity contribution < 1.29 is 9.53 Å². The molecule has 0 N–H and O–H groups in total. The van der Waals surface area contributed by atoms with Gasteiger partial charge in [-0.15, -0.1) is 0 Å². The van der Waals surface area contributed by atoms with Gasteiger partial charge < -0.3 is 4.74 Å². The van der Waals surface area contributed by atoms with Gasteiger partial charge >= 0.3 is 0 Å². The maximum absolute atomic E-state index is 12.0. The number of aryl methyl sites for hydroxylation is 2. The summed E-state index contributed by atoms with van der Waals surface area (Å²) in [6, 6.07) is 10.5. The van der Waals surface area contributed by atoms with Crippen molar-refractivity contribution in [2.45, 2.75) is 47.0 Å². The largest absolute Gasteiger partial charge is 0.496 e. The molecule has 0 bridgehead atoms. The molecule has 0 aromatic heterocycles. The number of hydrogen-bond donors (Lipinski definition) is 0. The van der Waals surface area contributed by atoms with Gasteiger partial charge in [-0.25, -0.2) is 0 Å². The molecule has 0 amide bonds. The fraction of sp³-hybridized carbons (Fsp3) is 0.381. The zero-order valence-corrected chi connectivity index (χ0v) is 16.7. The highest BCUT2D eigenvalue weighted by atomic mass is 31.1. The van der Waals surface area contributed by atoms with Gasteiger partial charge in [0.05, 0.1) is 7.11 Å². The van der Waals surface area contributed by atoms with Crippen LogP contribution in [-0.4, -0.2) is 12.9 Å². The molecule has 128 valence electrons. The molecule has 0 aliphatic rings. The minimum atomic E-state index is 0.00722. The lowest BCUT2D eigenvalue weighted by Crippen LogP contribution is -2.20. The standard InChI is InChI=1S/C21H27O2P/c1-13-8-9-18(16(10-13)15(3)22)24-19-12-14(2)11-17(20(19)23-7)21(4,5)6/h8-12,24H,1-7H3. The number of benzene rings is 2. The van der Waals surface area contributed by atoms with Gasteiger partial charge in [0.1, 0.15) is 5.75 Å². The molecule has 1 unspecified atom stereocenters. The van der Waals surface area contributed by atoms with Crippen LogP contribution in [0.2, 0.25) is 0 Å². The van der Waals surface area contributed by atoms with Gasteiger partial charge in [0.15, 0.2) is 5.78 Å². The molecule has 2 aromatic carbocycles. The second kappa shape index (κ2) is 7.07. The number of rotatable bonds is 4. The molecule has 2 nitrogen and oxygen atoms in total. The Morgan fingerprint density at radius 2 is 1.67 bits per heavy atom. The monoisotopic (exact) mass is 342 g/mol. The summed E-state index contributed by atoms with van der Waals surface area (Å²) in [5, 5.41) is 2.24.